The molecule has 0 fully saturated rings. The molecule has 2 rings (SSSR count). The van der Waals surface area contributed by atoms with Crippen LogP contribution in [0.5, 0.6) is 5.75 Å². The lowest BCUT2D eigenvalue weighted by molar-refractivity contribution is -0.150. The van der Waals surface area contributed by atoms with E-state index < -0.39 is 49.2 Å². The van der Waals surface area contributed by atoms with Crippen LogP contribution in [-0.4, -0.2) is 43.3 Å². The molecule has 2 aromatic rings. The second kappa shape index (κ2) is 11.4. The number of carbonyl (C=O) groups excluding carboxylic acids is 4. The fourth-order valence-electron chi connectivity index (χ4n) is 2.28. The van der Waals surface area contributed by atoms with E-state index in [1.165, 1.54) is 12.1 Å². The van der Waals surface area contributed by atoms with Gasteiger partial charge < -0.3 is 20.1 Å². The summed E-state index contributed by atoms with van der Waals surface area (Å²) in [5.74, 6) is -4.08. The Morgan fingerprint density at radius 2 is 1.61 bits per heavy atom. The fraction of sp³-hybridized carbons (Fsp3) is 0.238. The highest BCUT2D eigenvalue weighted by atomic mass is 19.2. The monoisotopic (exact) mass is 434 g/mol. The Bertz CT molecular complexity index is 963. The third-order valence-corrected chi connectivity index (χ3v) is 3.87. The van der Waals surface area contributed by atoms with Gasteiger partial charge in [0.25, 0.3) is 5.91 Å². The van der Waals surface area contributed by atoms with E-state index in [4.69, 9.17) is 9.47 Å². The number of ketones is 1. The van der Waals surface area contributed by atoms with Gasteiger partial charge in [-0.2, -0.15) is 0 Å². The molecule has 0 saturated carbocycles. The van der Waals surface area contributed by atoms with Crippen molar-refractivity contribution in [2.75, 3.05) is 25.1 Å². The normalized spacial score (nSPS) is 10.2. The average molecular weight is 434 g/mol. The average Bonchev–Trinajstić information content (AvgIpc) is 2.77. The minimum absolute atomic E-state index is 0.0181. The maximum atomic E-state index is 13.1. The number of ether oxygens (including phenoxy) is 2. The van der Waals surface area contributed by atoms with E-state index in [9.17, 15) is 28.0 Å². The van der Waals surface area contributed by atoms with Crippen LogP contribution in [0.15, 0.2) is 42.5 Å². The first-order chi connectivity index (χ1) is 14.8. The van der Waals surface area contributed by atoms with Gasteiger partial charge in [0.1, 0.15) is 5.75 Å². The molecule has 31 heavy (non-hydrogen) atoms. The second-order valence-corrected chi connectivity index (χ2v) is 6.20. The molecule has 10 heteroatoms. The van der Waals surface area contributed by atoms with Crippen molar-refractivity contribution in [3.05, 3.63) is 59.7 Å². The number of hydrogen-bond donors (Lipinski definition) is 2. The molecule has 164 valence electrons. The number of carbonyl (C=O) groups is 4. The Kier molecular flexibility index (Phi) is 8.62. The third kappa shape index (κ3) is 7.84. The number of halogens is 2. The Morgan fingerprint density at radius 3 is 2.26 bits per heavy atom. The van der Waals surface area contributed by atoms with Crippen LogP contribution in [0.25, 0.3) is 0 Å². The summed E-state index contributed by atoms with van der Waals surface area (Å²) in [6, 6.07) is 9.03. The predicted molar refractivity (Wildman–Crippen MR) is 106 cm³/mol. The number of anilines is 1. The van der Waals surface area contributed by atoms with Crippen LogP contribution in [0.4, 0.5) is 14.5 Å². The van der Waals surface area contributed by atoms with E-state index >= 15 is 0 Å². The molecule has 0 saturated heterocycles. The molecular formula is C21H20F2N2O6. The fourth-order valence-corrected chi connectivity index (χ4v) is 2.28. The Hall–Kier alpha value is -3.82. The first-order valence-electron chi connectivity index (χ1n) is 9.21. The zero-order valence-corrected chi connectivity index (χ0v) is 16.6. The lowest BCUT2D eigenvalue weighted by Gasteiger charge is -2.09. The Morgan fingerprint density at radius 1 is 0.903 bits per heavy atom. The van der Waals surface area contributed by atoms with Crippen LogP contribution in [0, 0.1) is 11.6 Å². The molecular weight excluding hydrogens is 414 g/mol. The summed E-state index contributed by atoms with van der Waals surface area (Å²) in [6.45, 7) is 0.197. The molecule has 2 amide bonds. The molecule has 0 unspecified atom stereocenters. The van der Waals surface area contributed by atoms with Gasteiger partial charge >= 0.3 is 5.97 Å². The summed E-state index contributed by atoms with van der Waals surface area (Å²) in [6.07, 6.45) is 0.376. The maximum Gasteiger partial charge on any atom is 0.344 e. The summed E-state index contributed by atoms with van der Waals surface area (Å²) in [4.78, 5) is 46.6. The van der Waals surface area contributed by atoms with Crippen LogP contribution in [0.1, 0.15) is 23.7 Å². The quantitative estimate of drug-likeness (QED) is 0.438. The summed E-state index contributed by atoms with van der Waals surface area (Å²) >= 11 is 0. The number of rotatable bonds is 10. The van der Waals surface area contributed by atoms with Gasteiger partial charge in [-0.15, -0.1) is 0 Å². The second-order valence-electron chi connectivity index (χ2n) is 6.20. The van der Waals surface area contributed by atoms with Gasteiger partial charge in [-0.05, 0) is 36.4 Å². The van der Waals surface area contributed by atoms with E-state index in [2.05, 4.69) is 10.6 Å². The van der Waals surface area contributed by atoms with Gasteiger partial charge in [0.2, 0.25) is 5.91 Å². The van der Waals surface area contributed by atoms with Crippen molar-refractivity contribution in [1.29, 1.82) is 0 Å². The van der Waals surface area contributed by atoms with Crippen LogP contribution >= 0.6 is 0 Å². The Balaban J connectivity index is 1.66. The zero-order valence-electron chi connectivity index (χ0n) is 16.6. The topological polar surface area (TPSA) is 111 Å². The van der Waals surface area contributed by atoms with Crippen LogP contribution < -0.4 is 15.4 Å². The number of nitrogens with one attached hydrogen (secondary N) is 2. The molecule has 2 N–H and O–H groups in total. The molecule has 0 aliphatic carbocycles. The SMILES string of the molecule is CCC(=O)c1ccc(OCC(=O)OCC(=O)NCC(=O)Nc2ccc(F)c(F)c2)cc1. The highest BCUT2D eigenvalue weighted by Crippen LogP contribution is 2.14. The molecule has 0 aromatic heterocycles. The minimum atomic E-state index is -1.12. The Labute approximate surface area is 176 Å². The lowest BCUT2D eigenvalue weighted by Crippen LogP contribution is -2.36. The highest BCUT2D eigenvalue weighted by molar-refractivity contribution is 5.96. The summed E-state index contributed by atoms with van der Waals surface area (Å²) in [5, 5.41) is 4.49. The largest absolute Gasteiger partial charge is 0.482 e. The maximum absolute atomic E-state index is 13.1. The van der Waals surface area contributed by atoms with Crippen LogP contribution in [0.3, 0.4) is 0 Å². The molecule has 0 bridgehead atoms. The standard InChI is InChI=1S/C21H20F2N2O6/c1-2-18(26)13-3-6-15(7-4-13)30-12-21(29)31-11-20(28)24-10-19(27)25-14-5-8-16(22)17(23)9-14/h3-9H,2,10-12H2,1H3,(H,24,28)(H,25,27). The number of esters is 1. The first-order valence-corrected chi connectivity index (χ1v) is 9.21. The molecule has 0 radical (unpaired) electrons. The van der Waals surface area contributed by atoms with Crippen LogP contribution in [-0.2, 0) is 19.1 Å². The number of benzene rings is 2. The van der Waals surface area contributed by atoms with E-state index in [0.29, 0.717) is 17.7 Å². The smallest absolute Gasteiger partial charge is 0.344 e. The van der Waals surface area contributed by atoms with Crippen molar-refractivity contribution in [3.8, 4) is 5.75 Å². The van der Waals surface area contributed by atoms with Crippen LogP contribution in [0.2, 0.25) is 0 Å². The van der Waals surface area contributed by atoms with Gasteiger partial charge in [-0.3, -0.25) is 14.4 Å². The minimum Gasteiger partial charge on any atom is -0.482 e. The van der Waals surface area contributed by atoms with Gasteiger partial charge in [0.15, 0.2) is 30.6 Å². The molecule has 8 nitrogen and oxygen atoms in total. The number of Topliss-reactive ketones (excluding diaryl/α,β-unsaturated/α-hetero) is 1. The number of amides is 2. The lowest BCUT2D eigenvalue weighted by atomic mass is 10.1. The first kappa shape index (κ1) is 23.5. The number of hydrogen-bond acceptors (Lipinski definition) is 6. The summed E-state index contributed by atoms with van der Waals surface area (Å²) in [5.41, 5.74) is 0.552. The zero-order chi connectivity index (χ0) is 22.8. The van der Waals surface area contributed by atoms with Crippen molar-refractivity contribution in [2.24, 2.45) is 0 Å². The van der Waals surface area contributed by atoms with Gasteiger partial charge in [0.05, 0.1) is 6.54 Å². The molecule has 0 spiro atoms. The molecule has 0 aliphatic rings. The van der Waals surface area contributed by atoms with E-state index in [1.54, 1.807) is 19.1 Å². The van der Waals surface area contributed by atoms with Crippen molar-refractivity contribution >= 4 is 29.3 Å². The van der Waals surface area contributed by atoms with Gasteiger partial charge in [-0.25, -0.2) is 13.6 Å². The van der Waals surface area contributed by atoms with Crippen molar-refractivity contribution < 1.29 is 37.4 Å². The van der Waals surface area contributed by atoms with E-state index in [1.807, 2.05) is 0 Å². The van der Waals surface area contributed by atoms with Gasteiger partial charge in [0, 0.05) is 23.7 Å². The molecule has 2 aromatic carbocycles. The van der Waals surface area contributed by atoms with Crippen molar-refractivity contribution in [1.82, 2.24) is 5.32 Å². The summed E-state index contributed by atoms with van der Waals surface area (Å²) < 4.78 is 35.9. The predicted octanol–water partition coefficient (Wildman–Crippen LogP) is 2.23. The molecule has 0 aliphatic heterocycles. The van der Waals surface area contributed by atoms with E-state index in [0.717, 1.165) is 18.2 Å². The van der Waals surface area contributed by atoms with E-state index in [-0.39, 0.29) is 11.5 Å². The molecule has 0 heterocycles. The highest BCUT2D eigenvalue weighted by Gasteiger charge is 2.11. The van der Waals surface area contributed by atoms with Crippen molar-refractivity contribution in [2.45, 2.75) is 13.3 Å². The summed E-state index contributed by atoms with van der Waals surface area (Å²) in [7, 11) is 0. The van der Waals surface area contributed by atoms with Gasteiger partial charge in [-0.1, -0.05) is 6.92 Å². The third-order valence-electron chi connectivity index (χ3n) is 3.87. The molecule has 0 atom stereocenters. The van der Waals surface area contributed by atoms with Crippen molar-refractivity contribution in [3.63, 3.8) is 0 Å².